The first-order valence-corrected chi connectivity index (χ1v) is 7.27. The second-order valence-corrected chi connectivity index (χ2v) is 7.22. The fraction of sp³-hybridized carbons (Fsp3) is 0.867. The van der Waals surface area contributed by atoms with E-state index in [-0.39, 0.29) is 18.1 Å². The molecule has 0 bridgehead atoms. The summed E-state index contributed by atoms with van der Waals surface area (Å²) in [6.45, 7) is 5.61. The fourth-order valence-electron chi connectivity index (χ4n) is 3.36. The number of ether oxygens (including phenoxy) is 1. The zero-order chi connectivity index (χ0) is 14.1. The molecule has 108 valence electrons. The summed E-state index contributed by atoms with van der Waals surface area (Å²) < 4.78 is 5.26. The summed E-state index contributed by atoms with van der Waals surface area (Å²) in [5.41, 5.74) is -0.0489. The molecule has 2 saturated carbocycles. The molecule has 2 aliphatic rings. The molecule has 0 atom stereocenters. The van der Waals surface area contributed by atoms with Crippen molar-refractivity contribution in [2.45, 2.75) is 70.9 Å². The molecule has 0 heterocycles. The molecule has 0 aromatic carbocycles. The third-order valence-electron chi connectivity index (χ3n) is 4.36. The van der Waals surface area contributed by atoms with Crippen LogP contribution < -0.4 is 5.32 Å². The third kappa shape index (κ3) is 3.71. The second-order valence-electron chi connectivity index (χ2n) is 7.22. The molecule has 4 heteroatoms. The minimum Gasteiger partial charge on any atom is -0.444 e. The summed E-state index contributed by atoms with van der Waals surface area (Å²) >= 11 is 0. The zero-order valence-electron chi connectivity index (χ0n) is 12.2. The average molecular weight is 267 g/mol. The van der Waals surface area contributed by atoms with E-state index in [0.717, 1.165) is 44.8 Å². The third-order valence-corrected chi connectivity index (χ3v) is 4.36. The number of carbonyl (C=O) groups excluding carboxylic acids is 2. The van der Waals surface area contributed by atoms with Gasteiger partial charge in [-0.25, -0.2) is 4.79 Å². The lowest BCUT2D eigenvalue weighted by atomic mass is 9.57. The minimum absolute atomic E-state index is 0.252. The molecule has 2 aliphatic carbocycles. The lowest BCUT2D eigenvalue weighted by Crippen LogP contribution is -2.52. The molecule has 1 amide bonds. The lowest BCUT2D eigenvalue weighted by molar-refractivity contribution is -0.113. The van der Waals surface area contributed by atoms with Crippen LogP contribution in [0.5, 0.6) is 0 Å². The van der Waals surface area contributed by atoms with Crippen molar-refractivity contribution < 1.29 is 14.3 Å². The summed E-state index contributed by atoms with van der Waals surface area (Å²) in [5, 5.41) is 2.94. The summed E-state index contributed by atoms with van der Waals surface area (Å²) in [5.74, 6) is 0.267. The van der Waals surface area contributed by atoms with Crippen LogP contribution in [0.1, 0.15) is 59.3 Å². The maximum atomic E-state index is 11.7. The van der Waals surface area contributed by atoms with E-state index in [1.165, 1.54) is 0 Å². The molecule has 1 spiro atoms. The molecule has 0 aromatic heterocycles. The van der Waals surface area contributed by atoms with Crippen molar-refractivity contribution in [3.05, 3.63) is 0 Å². The van der Waals surface area contributed by atoms with Gasteiger partial charge in [0.05, 0.1) is 0 Å². The van der Waals surface area contributed by atoms with Crippen LogP contribution in [0.3, 0.4) is 0 Å². The Morgan fingerprint density at radius 3 is 2.32 bits per heavy atom. The maximum Gasteiger partial charge on any atom is 0.407 e. The summed E-state index contributed by atoms with van der Waals surface area (Å²) in [4.78, 5) is 22.4. The molecule has 2 fully saturated rings. The van der Waals surface area contributed by atoms with Gasteiger partial charge in [-0.3, -0.25) is 0 Å². The first-order chi connectivity index (χ1) is 8.82. The monoisotopic (exact) mass is 267 g/mol. The van der Waals surface area contributed by atoms with E-state index < -0.39 is 5.60 Å². The van der Waals surface area contributed by atoms with Crippen LogP contribution >= 0.6 is 0 Å². The highest BCUT2D eigenvalue weighted by Gasteiger charge is 2.46. The van der Waals surface area contributed by atoms with E-state index in [1.807, 2.05) is 20.8 Å². The summed E-state index contributed by atoms with van der Waals surface area (Å²) in [6, 6.07) is 0.252. The van der Waals surface area contributed by atoms with Crippen LogP contribution in [0, 0.1) is 11.3 Å². The van der Waals surface area contributed by atoms with Crippen molar-refractivity contribution in [3.8, 4) is 0 Å². The van der Waals surface area contributed by atoms with Gasteiger partial charge in [-0.1, -0.05) is 0 Å². The molecule has 0 saturated heterocycles. The Morgan fingerprint density at radius 2 is 1.84 bits per heavy atom. The topological polar surface area (TPSA) is 55.4 Å². The predicted molar refractivity (Wildman–Crippen MR) is 72.8 cm³/mol. The van der Waals surface area contributed by atoms with Gasteiger partial charge in [0.15, 0.2) is 0 Å². The van der Waals surface area contributed by atoms with Crippen molar-refractivity contribution >= 4 is 12.4 Å². The fourth-order valence-corrected chi connectivity index (χ4v) is 3.36. The van der Waals surface area contributed by atoms with E-state index in [4.69, 9.17) is 4.74 Å². The predicted octanol–water partition coefficient (Wildman–Crippen LogP) is 3.05. The summed E-state index contributed by atoms with van der Waals surface area (Å²) in [7, 11) is 0. The van der Waals surface area contributed by atoms with Gasteiger partial charge in [-0.2, -0.15) is 0 Å². The van der Waals surface area contributed by atoms with Crippen molar-refractivity contribution in [2.75, 3.05) is 0 Å². The zero-order valence-corrected chi connectivity index (χ0v) is 12.2. The van der Waals surface area contributed by atoms with Gasteiger partial charge in [-0.05, 0) is 64.7 Å². The lowest BCUT2D eigenvalue weighted by Gasteiger charge is -2.51. The standard InChI is InChI=1S/C15H25NO3/c1-14(2,3)19-13(18)16-12-8-15(9-12)6-4-11(10-17)5-7-15/h10-12H,4-9H2,1-3H3,(H,16,18). The quantitative estimate of drug-likeness (QED) is 0.782. The molecule has 0 aromatic rings. The number of aldehydes is 1. The van der Waals surface area contributed by atoms with E-state index in [1.54, 1.807) is 0 Å². The van der Waals surface area contributed by atoms with E-state index in [0.29, 0.717) is 5.41 Å². The highest BCUT2D eigenvalue weighted by atomic mass is 16.6. The number of alkyl carbamates (subject to hydrolysis) is 1. The van der Waals surface area contributed by atoms with E-state index in [9.17, 15) is 9.59 Å². The molecular weight excluding hydrogens is 242 g/mol. The molecule has 0 radical (unpaired) electrons. The Bertz CT molecular complexity index is 343. The number of rotatable bonds is 2. The first-order valence-electron chi connectivity index (χ1n) is 7.27. The van der Waals surface area contributed by atoms with Crippen molar-refractivity contribution in [1.29, 1.82) is 0 Å². The number of amides is 1. The molecule has 19 heavy (non-hydrogen) atoms. The summed E-state index contributed by atoms with van der Waals surface area (Å²) in [6.07, 6.45) is 7.16. The average Bonchev–Trinajstić information content (AvgIpc) is 2.25. The van der Waals surface area contributed by atoms with Crippen LogP contribution in [0.15, 0.2) is 0 Å². The Hall–Kier alpha value is -1.06. The van der Waals surface area contributed by atoms with Crippen LogP contribution in [0.4, 0.5) is 4.79 Å². The minimum atomic E-state index is -0.437. The first kappa shape index (κ1) is 14.4. The van der Waals surface area contributed by atoms with Gasteiger partial charge in [0.1, 0.15) is 11.9 Å². The van der Waals surface area contributed by atoms with E-state index >= 15 is 0 Å². The second kappa shape index (κ2) is 5.14. The Morgan fingerprint density at radius 1 is 1.26 bits per heavy atom. The van der Waals surface area contributed by atoms with Gasteiger partial charge in [0, 0.05) is 12.0 Å². The van der Waals surface area contributed by atoms with Crippen LogP contribution in [0.2, 0.25) is 0 Å². The normalized spacial score (nSPS) is 34.5. The highest BCUT2D eigenvalue weighted by molar-refractivity contribution is 5.68. The Balaban J connectivity index is 1.72. The Kier molecular flexibility index (Phi) is 3.88. The SMILES string of the molecule is CC(C)(C)OC(=O)NC1CC2(CCC(C=O)CC2)C1. The number of carbonyl (C=O) groups is 2. The van der Waals surface area contributed by atoms with Gasteiger partial charge in [-0.15, -0.1) is 0 Å². The van der Waals surface area contributed by atoms with Gasteiger partial charge < -0.3 is 14.8 Å². The highest BCUT2D eigenvalue weighted by Crippen LogP contribution is 2.52. The molecular formula is C15H25NO3. The molecule has 2 rings (SSSR count). The van der Waals surface area contributed by atoms with Crippen LogP contribution in [-0.2, 0) is 9.53 Å². The number of hydrogen-bond acceptors (Lipinski definition) is 3. The van der Waals surface area contributed by atoms with Crippen LogP contribution in [-0.4, -0.2) is 24.0 Å². The molecule has 0 aliphatic heterocycles. The Labute approximate surface area is 115 Å². The van der Waals surface area contributed by atoms with Crippen molar-refractivity contribution in [3.63, 3.8) is 0 Å². The molecule has 0 unspecified atom stereocenters. The van der Waals surface area contributed by atoms with Gasteiger partial charge in [0.25, 0.3) is 0 Å². The molecule has 4 nitrogen and oxygen atoms in total. The largest absolute Gasteiger partial charge is 0.444 e. The van der Waals surface area contributed by atoms with Crippen molar-refractivity contribution in [2.24, 2.45) is 11.3 Å². The van der Waals surface area contributed by atoms with E-state index in [2.05, 4.69) is 5.32 Å². The van der Waals surface area contributed by atoms with Crippen molar-refractivity contribution in [1.82, 2.24) is 5.32 Å². The van der Waals surface area contributed by atoms with Crippen LogP contribution in [0.25, 0.3) is 0 Å². The molecule has 1 N–H and O–H groups in total. The number of nitrogens with one attached hydrogen (secondary N) is 1. The van der Waals surface area contributed by atoms with Gasteiger partial charge >= 0.3 is 6.09 Å². The van der Waals surface area contributed by atoms with Gasteiger partial charge in [0.2, 0.25) is 0 Å². The number of hydrogen-bond donors (Lipinski definition) is 1. The smallest absolute Gasteiger partial charge is 0.407 e. The maximum absolute atomic E-state index is 11.7.